The Kier molecular flexibility index (Phi) is 4.85. The predicted molar refractivity (Wildman–Crippen MR) is 88.8 cm³/mol. The Balaban J connectivity index is 1.86. The van der Waals surface area contributed by atoms with Crippen LogP contribution in [0.15, 0.2) is 53.4 Å². The van der Waals surface area contributed by atoms with Crippen LogP contribution in [0.1, 0.15) is 22.0 Å². The molecule has 1 amide bonds. The van der Waals surface area contributed by atoms with Gasteiger partial charge in [0.2, 0.25) is 10.0 Å². The quantitative estimate of drug-likeness (QED) is 0.897. The van der Waals surface area contributed by atoms with Gasteiger partial charge in [-0.05, 0) is 23.8 Å². The maximum absolute atomic E-state index is 14.1. The Morgan fingerprint density at radius 3 is 2.60 bits per heavy atom. The van der Waals surface area contributed by atoms with E-state index in [2.05, 4.69) is 0 Å². The summed E-state index contributed by atoms with van der Waals surface area (Å²) >= 11 is 0. The van der Waals surface area contributed by atoms with Gasteiger partial charge in [-0.3, -0.25) is 4.79 Å². The van der Waals surface area contributed by atoms with E-state index in [1.54, 1.807) is 0 Å². The standard InChI is InChI=1S/C17H17FN2O4S/c18-15-7-6-13(25(19,22)23)10-14(15)17(21)20-8-9-24-16(11-20)12-4-2-1-3-5-12/h1-7,10,16H,8-9,11H2,(H2,19,22,23)/t16-/m0/s1. The van der Waals surface area contributed by atoms with Crippen molar-refractivity contribution in [2.75, 3.05) is 19.7 Å². The zero-order valence-electron chi connectivity index (χ0n) is 13.3. The van der Waals surface area contributed by atoms with E-state index in [4.69, 9.17) is 9.88 Å². The monoisotopic (exact) mass is 364 g/mol. The van der Waals surface area contributed by atoms with Crippen molar-refractivity contribution in [2.24, 2.45) is 5.14 Å². The van der Waals surface area contributed by atoms with E-state index in [0.717, 1.165) is 23.8 Å². The molecule has 1 saturated heterocycles. The number of hydrogen-bond acceptors (Lipinski definition) is 4. The molecule has 2 aromatic carbocycles. The van der Waals surface area contributed by atoms with E-state index in [9.17, 15) is 17.6 Å². The molecule has 0 radical (unpaired) electrons. The van der Waals surface area contributed by atoms with Gasteiger partial charge < -0.3 is 9.64 Å². The van der Waals surface area contributed by atoms with Crippen molar-refractivity contribution in [3.63, 3.8) is 0 Å². The molecule has 1 aliphatic heterocycles. The van der Waals surface area contributed by atoms with E-state index in [-0.39, 0.29) is 23.1 Å². The summed E-state index contributed by atoms with van der Waals surface area (Å²) in [6, 6.07) is 12.3. The van der Waals surface area contributed by atoms with Crippen LogP contribution in [0, 0.1) is 5.82 Å². The van der Waals surface area contributed by atoms with Crippen LogP contribution in [-0.4, -0.2) is 38.9 Å². The Morgan fingerprint density at radius 2 is 1.92 bits per heavy atom. The van der Waals surface area contributed by atoms with E-state index >= 15 is 0 Å². The van der Waals surface area contributed by atoms with Gasteiger partial charge in [-0.25, -0.2) is 17.9 Å². The first-order valence-corrected chi connectivity index (χ1v) is 9.19. The molecule has 1 heterocycles. The summed E-state index contributed by atoms with van der Waals surface area (Å²) in [5.41, 5.74) is 0.596. The number of halogens is 1. The molecule has 25 heavy (non-hydrogen) atoms. The Labute approximate surface area is 145 Å². The van der Waals surface area contributed by atoms with Gasteiger partial charge >= 0.3 is 0 Å². The molecule has 1 fully saturated rings. The van der Waals surface area contributed by atoms with Crippen molar-refractivity contribution in [3.8, 4) is 0 Å². The van der Waals surface area contributed by atoms with Gasteiger partial charge in [0.25, 0.3) is 5.91 Å². The molecule has 0 aliphatic carbocycles. The Hall–Kier alpha value is -2.29. The molecule has 0 aromatic heterocycles. The van der Waals surface area contributed by atoms with Crippen molar-refractivity contribution in [1.29, 1.82) is 0 Å². The third-order valence-corrected chi connectivity index (χ3v) is 4.93. The summed E-state index contributed by atoms with van der Waals surface area (Å²) in [5, 5.41) is 5.06. The molecular formula is C17H17FN2O4S. The maximum Gasteiger partial charge on any atom is 0.257 e. The van der Waals surface area contributed by atoms with E-state index < -0.39 is 21.7 Å². The number of carbonyl (C=O) groups excluding carboxylic acids is 1. The summed E-state index contributed by atoms with van der Waals surface area (Å²) in [4.78, 5) is 13.8. The zero-order valence-corrected chi connectivity index (χ0v) is 14.1. The van der Waals surface area contributed by atoms with Gasteiger partial charge in [0.05, 0.1) is 23.6 Å². The summed E-state index contributed by atoms with van der Waals surface area (Å²) in [5.74, 6) is -1.38. The molecule has 6 nitrogen and oxygen atoms in total. The summed E-state index contributed by atoms with van der Waals surface area (Å²) in [7, 11) is -4.02. The number of hydrogen-bond donors (Lipinski definition) is 1. The molecule has 1 atom stereocenters. The third kappa shape index (κ3) is 3.87. The SMILES string of the molecule is NS(=O)(=O)c1ccc(F)c(C(=O)N2CCO[C@H](c3ccccc3)C2)c1. The van der Waals surface area contributed by atoms with Crippen molar-refractivity contribution < 1.29 is 22.3 Å². The number of sulfonamides is 1. The lowest BCUT2D eigenvalue weighted by Gasteiger charge is -2.33. The molecule has 0 unspecified atom stereocenters. The normalized spacial score (nSPS) is 18.2. The minimum Gasteiger partial charge on any atom is -0.370 e. The maximum atomic E-state index is 14.1. The first kappa shape index (κ1) is 17.5. The van der Waals surface area contributed by atoms with Crippen LogP contribution in [0.5, 0.6) is 0 Å². The summed E-state index contributed by atoms with van der Waals surface area (Å²) < 4.78 is 42.6. The van der Waals surface area contributed by atoms with Gasteiger partial charge in [0, 0.05) is 6.54 Å². The van der Waals surface area contributed by atoms with E-state index in [1.807, 2.05) is 30.3 Å². The largest absolute Gasteiger partial charge is 0.370 e. The fourth-order valence-corrected chi connectivity index (χ4v) is 3.26. The molecular weight excluding hydrogens is 347 g/mol. The number of carbonyl (C=O) groups is 1. The van der Waals surface area contributed by atoms with Crippen molar-refractivity contribution in [1.82, 2.24) is 4.90 Å². The van der Waals surface area contributed by atoms with Crippen LogP contribution in [0.25, 0.3) is 0 Å². The Bertz CT molecular complexity index is 887. The number of nitrogens with zero attached hydrogens (tertiary/aromatic N) is 1. The lowest BCUT2D eigenvalue weighted by atomic mass is 10.1. The second kappa shape index (κ2) is 6.91. The summed E-state index contributed by atoms with van der Waals surface area (Å²) in [6.07, 6.45) is -0.316. The molecule has 0 bridgehead atoms. The van der Waals surface area contributed by atoms with Gasteiger partial charge in [-0.15, -0.1) is 0 Å². The van der Waals surface area contributed by atoms with Gasteiger partial charge in [-0.1, -0.05) is 30.3 Å². The van der Waals surface area contributed by atoms with Crippen LogP contribution in [0.4, 0.5) is 4.39 Å². The lowest BCUT2D eigenvalue weighted by Crippen LogP contribution is -2.42. The number of ether oxygens (including phenoxy) is 1. The van der Waals surface area contributed by atoms with Crippen LogP contribution in [0.2, 0.25) is 0 Å². The van der Waals surface area contributed by atoms with Crippen LogP contribution >= 0.6 is 0 Å². The van der Waals surface area contributed by atoms with Crippen molar-refractivity contribution >= 4 is 15.9 Å². The topological polar surface area (TPSA) is 89.7 Å². The van der Waals surface area contributed by atoms with Gasteiger partial charge in [0.15, 0.2) is 0 Å². The molecule has 2 N–H and O–H groups in total. The fraction of sp³-hybridized carbons (Fsp3) is 0.235. The van der Waals surface area contributed by atoms with E-state index in [1.165, 1.54) is 4.90 Å². The highest BCUT2D eigenvalue weighted by Crippen LogP contribution is 2.24. The van der Waals surface area contributed by atoms with Crippen molar-refractivity contribution in [2.45, 2.75) is 11.0 Å². The number of amides is 1. The number of primary sulfonamides is 1. The van der Waals surface area contributed by atoms with E-state index in [0.29, 0.717) is 13.2 Å². The zero-order chi connectivity index (χ0) is 18.0. The molecule has 3 rings (SSSR count). The molecule has 2 aromatic rings. The first-order valence-electron chi connectivity index (χ1n) is 7.64. The molecule has 1 aliphatic rings. The molecule has 132 valence electrons. The number of benzene rings is 2. The third-order valence-electron chi connectivity index (χ3n) is 4.02. The highest BCUT2D eigenvalue weighted by atomic mass is 32.2. The van der Waals surface area contributed by atoms with Crippen LogP contribution in [-0.2, 0) is 14.8 Å². The minimum absolute atomic E-state index is 0.252. The van der Waals surface area contributed by atoms with Crippen LogP contribution in [0.3, 0.4) is 0 Å². The molecule has 0 spiro atoms. The fourth-order valence-electron chi connectivity index (χ4n) is 2.72. The average molecular weight is 364 g/mol. The lowest BCUT2D eigenvalue weighted by molar-refractivity contribution is -0.0229. The second-order valence-electron chi connectivity index (χ2n) is 5.71. The van der Waals surface area contributed by atoms with Gasteiger partial charge in [0.1, 0.15) is 11.9 Å². The van der Waals surface area contributed by atoms with Crippen LogP contribution < -0.4 is 5.14 Å². The molecule has 0 saturated carbocycles. The highest BCUT2D eigenvalue weighted by Gasteiger charge is 2.28. The Morgan fingerprint density at radius 1 is 1.20 bits per heavy atom. The molecule has 8 heteroatoms. The minimum atomic E-state index is -4.02. The second-order valence-corrected chi connectivity index (χ2v) is 7.27. The predicted octanol–water partition coefficient (Wildman–Crippen LogP) is 1.69. The number of nitrogens with two attached hydrogens (primary N) is 1. The summed E-state index contributed by atoms with van der Waals surface area (Å²) in [6.45, 7) is 0.852. The number of rotatable bonds is 3. The van der Waals surface area contributed by atoms with Gasteiger partial charge in [-0.2, -0.15) is 0 Å². The smallest absolute Gasteiger partial charge is 0.257 e. The number of morpholine rings is 1. The van der Waals surface area contributed by atoms with Crippen molar-refractivity contribution in [3.05, 3.63) is 65.5 Å². The highest BCUT2D eigenvalue weighted by molar-refractivity contribution is 7.89. The first-order chi connectivity index (χ1) is 11.9. The average Bonchev–Trinajstić information content (AvgIpc) is 2.61.